The Hall–Kier alpha value is -3.34. The molecular weight excluding hydrogens is 468 g/mol. The zero-order chi connectivity index (χ0) is 26.6. The van der Waals surface area contributed by atoms with Gasteiger partial charge in [0.05, 0.1) is 13.2 Å². The second-order valence-corrected chi connectivity index (χ2v) is 9.92. The number of ether oxygens (including phenoxy) is 1. The van der Waals surface area contributed by atoms with Gasteiger partial charge in [-0.05, 0) is 24.7 Å². The van der Waals surface area contributed by atoms with Gasteiger partial charge in [0.25, 0.3) is 11.1 Å². The molecule has 0 saturated heterocycles. The predicted octanol–water partition coefficient (Wildman–Crippen LogP) is 2.22. The van der Waals surface area contributed by atoms with Crippen molar-refractivity contribution in [2.75, 3.05) is 6.61 Å². The lowest BCUT2D eigenvalue weighted by molar-refractivity contribution is 0.0764. The van der Waals surface area contributed by atoms with E-state index in [0.29, 0.717) is 37.8 Å². The van der Waals surface area contributed by atoms with Gasteiger partial charge < -0.3 is 14.9 Å². The summed E-state index contributed by atoms with van der Waals surface area (Å²) in [6.45, 7) is 9.11. The molecule has 2 aromatic rings. The minimum absolute atomic E-state index is 0.126. The van der Waals surface area contributed by atoms with E-state index in [4.69, 9.17) is 4.74 Å². The monoisotopic (exact) mass is 502 g/mol. The van der Waals surface area contributed by atoms with Gasteiger partial charge in [-0.3, -0.25) is 28.3 Å². The van der Waals surface area contributed by atoms with Crippen LogP contribution in [0.3, 0.4) is 0 Å². The van der Waals surface area contributed by atoms with E-state index in [1.54, 1.807) is 0 Å². The Morgan fingerprint density at radius 1 is 0.833 bits per heavy atom. The van der Waals surface area contributed by atoms with Crippen molar-refractivity contribution >= 4 is 11.6 Å². The molecule has 4 heterocycles. The lowest BCUT2D eigenvalue weighted by Crippen LogP contribution is -2.34. The fourth-order valence-corrected chi connectivity index (χ4v) is 4.24. The zero-order valence-electron chi connectivity index (χ0n) is 21.2. The summed E-state index contributed by atoms with van der Waals surface area (Å²) < 4.78 is 8.08. The van der Waals surface area contributed by atoms with Crippen LogP contribution < -0.4 is 11.1 Å². The number of fused-ring (bicyclic) bond motifs is 2. The largest absolute Gasteiger partial charge is 0.493 e. The minimum Gasteiger partial charge on any atom is -0.493 e. The molecule has 0 spiro atoms. The second kappa shape index (κ2) is 11.6. The van der Waals surface area contributed by atoms with Crippen LogP contribution in [0.2, 0.25) is 0 Å². The number of carbonyl (C=O) groups is 2. The predicted molar refractivity (Wildman–Crippen MR) is 130 cm³/mol. The summed E-state index contributed by atoms with van der Waals surface area (Å²) in [5.74, 6) is -0.337. The van der Waals surface area contributed by atoms with Gasteiger partial charge in [0.2, 0.25) is 11.8 Å². The molecule has 0 atom stereocenters. The number of carbonyl (C=O) groups excluding carboxylic acids is 2. The quantitative estimate of drug-likeness (QED) is 0.566. The topological polar surface area (TPSA) is 154 Å². The van der Waals surface area contributed by atoms with Crippen LogP contribution in [0.4, 0.5) is 0 Å². The van der Waals surface area contributed by atoms with Crippen LogP contribution in [-0.2, 0) is 30.9 Å². The van der Waals surface area contributed by atoms with E-state index in [9.17, 15) is 29.4 Å². The van der Waals surface area contributed by atoms with E-state index >= 15 is 0 Å². The van der Waals surface area contributed by atoms with Crippen LogP contribution in [0.15, 0.2) is 9.59 Å². The molecule has 0 amide bonds. The maximum atomic E-state index is 12.2. The molecule has 0 aliphatic carbocycles. The van der Waals surface area contributed by atoms with Crippen LogP contribution in [-0.4, -0.2) is 47.5 Å². The lowest BCUT2D eigenvalue weighted by atomic mass is 10.0. The lowest BCUT2D eigenvalue weighted by Gasteiger charge is -2.18. The highest BCUT2D eigenvalue weighted by molar-refractivity contribution is 5.98. The van der Waals surface area contributed by atoms with Crippen molar-refractivity contribution in [3.8, 4) is 11.8 Å². The summed E-state index contributed by atoms with van der Waals surface area (Å²) in [5, 5.41) is 19.5. The molecule has 196 valence electrons. The fraction of sp³-hybridized carbons (Fsp3) is 0.600. The molecule has 0 aromatic carbocycles. The number of hydrogen-bond acceptors (Lipinski definition) is 9. The number of aromatic hydroxyl groups is 2. The first-order valence-corrected chi connectivity index (χ1v) is 12.3. The average molecular weight is 503 g/mol. The molecule has 11 nitrogen and oxygen atoms in total. The van der Waals surface area contributed by atoms with Crippen molar-refractivity contribution in [3.05, 3.63) is 43.5 Å². The first kappa shape index (κ1) is 27.3. The number of nitrogens with zero attached hydrogens (tertiary/aromatic N) is 4. The van der Waals surface area contributed by atoms with Crippen molar-refractivity contribution < 1.29 is 24.5 Å². The Morgan fingerprint density at radius 3 is 1.86 bits per heavy atom. The van der Waals surface area contributed by atoms with Crippen molar-refractivity contribution in [3.63, 3.8) is 0 Å². The molecule has 2 aromatic heterocycles. The van der Waals surface area contributed by atoms with Gasteiger partial charge in [0.1, 0.15) is 29.4 Å². The molecule has 36 heavy (non-hydrogen) atoms. The molecule has 0 fully saturated rings. The number of ketones is 2. The molecule has 0 bridgehead atoms. The summed E-state index contributed by atoms with van der Waals surface area (Å²) in [5.41, 5.74) is -1.20. The van der Waals surface area contributed by atoms with Crippen LogP contribution in [0.5, 0.6) is 11.8 Å². The van der Waals surface area contributed by atoms with E-state index in [1.807, 2.05) is 27.7 Å². The van der Waals surface area contributed by atoms with Crippen molar-refractivity contribution in [2.45, 2.75) is 79.5 Å². The van der Waals surface area contributed by atoms with Crippen LogP contribution in [0.25, 0.3) is 0 Å². The van der Waals surface area contributed by atoms with Gasteiger partial charge in [-0.1, -0.05) is 27.7 Å². The van der Waals surface area contributed by atoms with Gasteiger partial charge in [-0.2, -0.15) is 9.97 Å². The Bertz CT molecular complexity index is 1160. The van der Waals surface area contributed by atoms with Gasteiger partial charge in [-0.25, -0.2) is 0 Å². The number of aromatic nitrogens is 4. The Labute approximate surface area is 208 Å². The molecule has 2 N–H and O–H groups in total. The zero-order valence-corrected chi connectivity index (χ0v) is 21.2. The summed E-state index contributed by atoms with van der Waals surface area (Å²) in [6.07, 6.45) is 3.04. The van der Waals surface area contributed by atoms with E-state index in [1.165, 1.54) is 9.13 Å². The second-order valence-electron chi connectivity index (χ2n) is 9.92. The third kappa shape index (κ3) is 6.07. The summed E-state index contributed by atoms with van der Waals surface area (Å²) in [6, 6.07) is 0. The van der Waals surface area contributed by atoms with Crippen molar-refractivity contribution in [1.82, 2.24) is 19.1 Å². The maximum absolute atomic E-state index is 12.2. The Morgan fingerprint density at radius 2 is 1.33 bits per heavy atom. The van der Waals surface area contributed by atoms with E-state index in [-0.39, 0.29) is 59.5 Å². The summed E-state index contributed by atoms with van der Waals surface area (Å²) >= 11 is 0. The Kier molecular flexibility index (Phi) is 8.78. The van der Waals surface area contributed by atoms with Gasteiger partial charge >= 0.3 is 0 Å². The smallest absolute Gasteiger partial charge is 0.268 e. The standard InChI is InChI=1S/C13H18N2O3.C12H16N2O4/c1-8(2)7-9(16)11-12(17)14-10-5-3-4-6-15(10)13(11)18;1-7(2)5-8(15)10-11(16)13-9-6-18-4-3-14(9)12(10)17/h8,17H,3-7H2,1-2H3;7,16H,3-6H2,1-2H3. The average Bonchev–Trinajstić information content (AvgIpc) is 2.78. The number of hydrogen-bond donors (Lipinski definition) is 2. The van der Waals surface area contributed by atoms with Crippen LogP contribution in [0, 0.1) is 11.8 Å². The van der Waals surface area contributed by atoms with Crippen LogP contribution >= 0.6 is 0 Å². The number of aryl methyl sites for hydroxylation is 1. The molecule has 4 rings (SSSR count). The molecule has 0 unspecified atom stereocenters. The highest BCUT2D eigenvalue weighted by Gasteiger charge is 2.25. The van der Waals surface area contributed by atoms with Crippen LogP contribution in [0.1, 0.15) is 85.7 Å². The van der Waals surface area contributed by atoms with Gasteiger partial charge in [0, 0.05) is 25.8 Å². The molecule has 0 saturated carbocycles. The fourth-order valence-electron chi connectivity index (χ4n) is 4.24. The maximum Gasteiger partial charge on any atom is 0.268 e. The Balaban J connectivity index is 0.000000201. The van der Waals surface area contributed by atoms with Crippen molar-refractivity contribution in [1.29, 1.82) is 0 Å². The molecule has 11 heteroatoms. The molecule has 2 aliphatic heterocycles. The first-order chi connectivity index (χ1) is 17.0. The van der Waals surface area contributed by atoms with Gasteiger partial charge in [0.15, 0.2) is 11.6 Å². The minimum atomic E-state index is -0.484. The van der Waals surface area contributed by atoms with Crippen molar-refractivity contribution in [2.24, 2.45) is 11.8 Å². The third-order valence-electron chi connectivity index (χ3n) is 5.93. The normalized spacial score (nSPS) is 14.6. The SMILES string of the molecule is CC(C)CC(=O)c1c(O)nc2n(c1=O)CCCC2.CC(C)CC(=O)c1c(O)nc2n(c1=O)CCOC2. The van der Waals surface area contributed by atoms with E-state index in [2.05, 4.69) is 9.97 Å². The molecule has 0 radical (unpaired) electrons. The summed E-state index contributed by atoms with van der Waals surface area (Å²) in [7, 11) is 0. The molecular formula is C25H34N4O7. The highest BCUT2D eigenvalue weighted by Crippen LogP contribution is 2.19. The highest BCUT2D eigenvalue weighted by atomic mass is 16.5. The third-order valence-corrected chi connectivity index (χ3v) is 5.93. The molecule has 2 aliphatic rings. The first-order valence-electron chi connectivity index (χ1n) is 12.3. The van der Waals surface area contributed by atoms with E-state index in [0.717, 1.165) is 12.8 Å². The van der Waals surface area contributed by atoms with Gasteiger partial charge in [-0.15, -0.1) is 0 Å². The number of Topliss-reactive ketones (excluding diaryl/α,β-unsaturated/α-hetero) is 2. The number of rotatable bonds is 6. The summed E-state index contributed by atoms with van der Waals surface area (Å²) in [4.78, 5) is 56.1. The van der Waals surface area contributed by atoms with E-state index < -0.39 is 17.3 Å².